The van der Waals surface area contributed by atoms with Gasteiger partial charge in [-0.1, -0.05) is 0 Å². The summed E-state index contributed by atoms with van der Waals surface area (Å²) in [6.07, 6.45) is 4.80. The normalized spacial score (nSPS) is 16.0. The first kappa shape index (κ1) is 28.5. The van der Waals surface area contributed by atoms with Gasteiger partial charge in [0.15, 0.2) is 5.65 Å². The summed E-state index contributed by atoms with van der Waals surface area (Å²) < 4.78 is 17.6. The molecule has 0 bridgehead atoms. The molecule has 45 heavy (non-hydrogen) atoms. The molecule has 12 heteroatoms. The van der Waals surface area contributed by atoms with Crippen LogP contribution in [0.1, 0.15) is 18.7 Å². The third kappa shape index (κ3) is 5.59. The molecule has 0 atom stereocenters. The third-order valence-electron chi connectivity index (χ3n) is 8.82. The lowest BCUT2D eigenvalue weighted by Crippen LogP contribution is -2.46. The highest BCUT2D eigenvalue weighted by Crippen LogP contribution is 2.30. The highest BCUT2D eigenvalue weighted by atomic mass is 19.1. The van der Waals surface area contributed by atoms with E-state index in [0.29, 0.717) is 67.7 Å². The van der Waals surface area contributed by atoms with Gasteiger partial charge in [0.25, 0.3) is 0 Å². The number of anilines is 4. The van der Waals surface area contributed by atoms with E-state index in [4.69, 9.17) is 10.7 Å². The van der Waals surface area contributed by atoms with E-state index in [1.165, 1.54) is 0 Å². The zero-order chi connectivity index (χ0) is 31.1. The van der Waals surface area contributed by atoms with Crippen molar-refractivity contribution in [2.45, 2.75) is 19.8 Å². The van der Waals surface area contributed by atoms with E-state index in [0.717, 1.165) is 41.4 Å². The lowest BCUT2D eigenvalue weighted by molar-refractivity contribution is -0.142. The first-order chi connectivity index (χ1) is 21.8. The van der Waals surface area contributed by atoms with Gasteiger partial charge in [0.05, 0.1) is 34.9 Å². The van der Waals surface area contributed by atoms with Gasteiger partial charge in [0.2, 0.25) is 0 Å². The Morgan fingerprint density at radius 2 is 1.62 bits per heavy atom. The van der Waals surface area contributed by atoms with Gasteiger partial charge in [-0.3, -0.25) is 9.36 Å². The molecule has 11 nitrogen and oxygen atoms in total. The molecule has 5 aromatic rings. The number of fused-ring (bicyclic) bond motifs is 1. The molecule has 3 N–H and O–H groups in total. The van der Waals surface area contributed by atoms with Gasteiger partial charge in [0.1, 0.15) is 28.8 Å². The van der Waals surface area contributed by atoms with Crippen LogP contribution in [0.2, 0.25) is 0 Å². The lowest BCUT2D eigenvalue weighted by Gasteiger charge is -2.37. The molecule has 6 heterocycles. The van der Waals surface area contributed by atoms with Crippen molar-refractivity contribution in [3.8, 4) is 16.9 Å². The van der Waals surface area contributed by atoms with E-state index < -0.39 is 5.97 Å². The lowest BCUT2D eigenvalue weighted by atomic mass is 9.97. The summed E-state index contributed by atoms with van der Waals surface area (Å²) in [4.78, 5) is 36.0. The van der Waals surface area contributed by atoms with Crippen molar-refractivity contribution >= 4 is 40.1 Å². The van der Waals surface area contributed by atoms with E-state index in [1.54, 1.807) is 18.3 Å². The maximum Gasteiger partial charge on any atom is 0.306 e. The number of aliphatic carboxylic acids is 1. The number of benzene rings is 1. The van der Waals surface area contributed by atoms with E-state index >= 15 is 4.39 Å². The summed E-state index contributed by atoms with van der Waals surface area (Å²) in [5.74, 6) is 0.731. The van der Waals surface area contributed by atoms with Crippen molar-refractivity contribution in [3.63, 3.8) is 0 Å². The van der Waals surface area contributed by atoms with Crippen LogP contribution in [0, 0.1) is 18.7 Å². The smallest absolute Gasteiger partial charge is 0.306 e. The predicted molar refractivity (Wildman–Crippen MR) is 172 cm³/mol. The van der Waals surface area contributed by atoms with Crippen molar-refractivity contribution in [2.24, 2.45) is 5.92 Å². The number of rotatable bonds is 6. The summed E-state index contributed by atoms with van der Waals surface area (Å²) in [7, 11) is 0. The van der Waals surface area contributed by atoms with Gasteiger partial charge >= 0.3 is 5.97 Å². The molecule has 1 aromatic carbocycles. The van der Waals surface area contributed by atoms with Crippen LogP contribution in [0.3, 0.4) is 0 Å². The van der Waals surface area contributed by atoms with Gasteiger partial charge < -0.3 is 25.5 Å². The predicted octanol–water partition coefficient (Wildman–Crippen LogP) is 4.53. The number of nitrogens with two attached hydrogens (primary N) is 1. The number of nitrogen functional groups attached to an aromatic ring is 1. The Hall–Kier alpha value is -5.26. The molecule has 2 saturated heterocycles. The molecule has 2 aliphatic heterocycles. The van der Waals surface area contributed by atoms with E-state index in [1.807, 2.05) is 54.1 Å². The van der Waals surface area contributed by atoms with E-state index in [-0.39, 0.29) is 11.7 Å². The Labute approximate surface area is 259 Å². The molecule has 2 fully saturated rings. The minimum Gasteiger partial charge on any atom is -0.481 e. The van der Waals surface area contributed by atoms with Crippen LogP contribution >= 0.6 is 0 Å². The van der Waals surface area contributed by atoms with Gasteiger partial charge in [-0.25, -0.2) is 24.3 Å². The van der Waals surface area contributed by atoms with Crippen molar-refractivity contribution in [2.75, 3.05) is 59.7 Å². The van der Waals surface area contributed by atoms with E-state index in [9.17, 15) is 9.90 Å². The average Bonchev–Trinajstić information content (AvgIpc) is 3.40. The van der Waals surface area contributed by atoms with Crippen molar-refractivity contribution in [1.29, 1.82) is 0 Å². The molecule has 0 unspecified atom stereocenters. The third-order valence-corrected chi connectivity index (χ3v) is 8.82. The molecule has 0 spiro atoms. The number of piperazine rings is 1. The standard InChI is InChI=1S/C33H34FN9O2/c1-21-38-28-5-4-27(23-8-11-36-30(35)18-23)39-32(28)43(21)24-2-6-29(26(34)19-24)41-16-14-40(15-17-41)25-3-7-31(37-20-25)42-12-9-22(10-13-42)33(44)45/h2-8,11,18-20,22H,9-10,12-17H2,1H3,(H2,35,36)(H,44,45). The summed E-state index contributed by atoms with van der Waals surface area (Å²) in [6.45, 7) is 6.11. The van der Waals surface area contributed by atoms with Crippen molar-refractivity contribution in [1.82, 2.24) is 24.5 Å². The number of carboxylic acids is 1. The largest absolute Gasteiger partial charge is 0.481 e. The maximum atomic E-state index is 15.7. The van der Waals surface area contributed by atoms with Crippen LogP contribution < -0.4 is 20.4 Å². The summed E-state index contributed by atoms with van der Waals surface area (Å²) in [5, 5.41) is 9.25. The van der Waals surface area contributed by atoms with Gasteiger partial charge in [0, 0.05) is 57.1 Å². The quantitative estimate of drug-likeness (QED) is 0.284. The number of hydrogen-bond donors (Lipinski definition) is 2. The molecule has 2 aliphatic rings. The zero-order valence-electron chi connectivity index (χ0n) is 25.0. The van der Waals surface area contributed by atoms with Crippen LogP contribution in [0.5, 0.6) is 0 Å². The molecule has 0 amide bonds. The first-order valence-corrected chi connectivity index (χ1v) is 15.2. The van der Waals surface area contributed by atoms with Crippen LogP contribution in [0.4, 0.5) is 27.4 Å². The molecule has 4 aromatic heterocycles. The van der Waals surface area contributed by atoms with Gasteiger partial charge in [-0.2, -0.15) is 0 Å². The Kier molecular flexibility index (Phi) is 7.40. The maximum absolute atomic E-state index is 15.7. The monoisotopic (exact) mass is 607 g/mol. The Morgan fingerprint density at radius 1 is 0.867 bits per heavy atom. The van der Waals surface area contributed by atoms with Crippen LogP contribution in [-0.4, -0.2) is 74.8 Å². The molecule has 0 saturated carbocycles. The molecular weight excluding hydrogens is 573 g/mol. The highest BCUT2D eigenvalue weighted by Gasteiger charge is 2.26. The van der Waals surface area contributed by atoms with Gasteiger partial charge in [-0.15, -0.1) is 0 Å². The number of pyridine rings is 3. The second-order valence-corrected chi connectivity index (χ2v) is 11.6. The fourth-order valence-electron chi connectivity index (χ4n) is 6.35. The number of halogens is 1. The van der Waals surface area contributed by atoms with Crippen molar-refractivity contribution < 1.29 is 14.3 Å². The number of carbonyl (C=O) groups is 1. The fourth-order valence-corrected chi connectivity index (χ4v) is 6.35. The zero-order valence-corrected chi connectivity index (χ0v) is 25.0. The molecule has 230 valence electrons. The number of carboxylic acid groups (broad SMARTS) is 1. The van der Waals surface area contributed by atoms with Crippen molar-refractivity contribution in [3.05, 3.63) is 78.6 Å². The second-order valence-electron chi connectivity index (χ2n) is 11.6. The van der Waals surface area contributed by atoms with Crippen LogP contribution in [-0.2, 0) is 4.79 Å². The number of aryl methyl sites for hydroxylation is 1. The molecule has 0 aliphatic carbocycles. The molecule has 0 radical (unpaired) electrons. The number of imidazole rings is 1. The minimum absolute atomic E-state index is 0.267. The van der Waals surface area contributed by atoms with Crippen LogP contribution in [0.25, 0.3) is 28.1 Å². The number of piperidine rings is 1. The SMILES string of the molecule is Cc1nc2ccc(-c3ccnc(N)c3)nc2n1-c1ccc(N2CCN(c3ccc(N4CCC(C(=O)O)CC4)nc3)CC2)c(F)c1. The van der Waals surface area contributed by atoms with Gasteiger partial charge in [-0.05, 0) is 68.3 Å². The number of hydrogen-bond acceptors (Lipinski definition) is 9. The summed E-state index contributed by atoms with van der Waals surface area (Å²) in [5.41, 5.74) is 11.1. The Balaban J connectivity index is 1.04. The highest BCUT2D eigenvalue weighted by molar-refractivity contribution is 5.78. The minimum atomic E-state index is -0.713. The van der Waals surface area contributed by atoms with Crippen LogP contribution in [0.15, 0.2) is 67.0 Å². The molecular formula is C33H34FN9O2. The number of aromatic nitrogens is 5. The average molecular weight is 608 g/mol. The first-order valence-electron chi connectivity index (χ1n) is 15.2. The summed E-state index contributed by atoms with van der Waals surface area (Å²) >= 11 is 0. The topological polar surface area (TPSA) is 130 Å². The summed E-state index contributed by atoms with van der Waals surface area (Å²) in [6, 6.07) is 16.8. The Bertz CT molecular complexity index is 1860. The number of nitrogens with zero attached hydrogens (tertiary/aromatic N) is 8. The Morgan fingerprint density at radius 3 is 2.31 bits per heavy atom. The second kappa shape index (κ2) is 11.7. The fraction of sp³-hybridized carbons (Fsp3) is 0.303. The molecule has 7 rings (SSSR count). The van der Waals surface area contributed by atoms with E-state index in [2.05, 4.69) is 35.7 Å².